The SMILES string of the molecule is C=CC(=C)C.CC=N.Cc1ccnc(-n2c3ccc(-c4nccc5ccccc45)cc3c3cc4c(cc32)-c2cc3[nH]c5ccc(-c6nccc7ccccc67)cc5c3cc2CC4)c1. The number of fused-ring (bicyclic) bond motifs is 11. The smallest absolute Gasteiger partial charge is 0.137 e. The fraction of sp³-hybridized carbons (Fsp3) is 0.0877. The van der Waals surface area contributed by atoms with Gasteiger partial charge in [-0.1, -0.05) is 85.5 Å². The van der Waals surface area contributed by atoms with Gasteiger partial charge >= 0.3 is 0 Å². The van der Waals surface area contributed by atoms with Crippen LogP contribution in [0.4, 0.5) is 0 Å². The molecule has 0 saturated heterocycles. The first-order valence-corrected chi connectivity index (χ1v) is 21.4. The predicted octanol–water partition coefficient (Wildman–Crippen LogP) is 14.7. The van der Waals surface area contributed by atoms with Gasteiger partial charge in [-0.05, 0) is 151 Å². The van der Waals surface area contributed by atoms with E-state index in [1.54, 1.807) is 13.0 Å². The van der Waals surface area contributed by atoms with Crippen LogP contribution in [0.3, 0.4) is 0 Å². The zero-order valence-electron chi connectivity index (χ0n) is 35.7. The van der Waals surface area contributed by atoms with Gasteiger partial charge in [0.2, 0.25) is 0 Å². The molecule has 11 aromatic rings. The number of aryl methyl sites for hydroxylation is 3. The molecule has 304 valence electrons. The van der Waals surface area contributed by atoms with E-state index in [1.807, 2.05) is 25.5 Å². The standard InChI is InChI=1S/C50H33N5.C5H8.C2H5N/c1-29-16-19-51-48(22-29)55-46-15-13-35(50-37-9-5-3-7-31(37)18-21-53-50)26-42(46)43-24-33-11-10-32-23-41-40-25-34(49-36-8-4-2-6-30(36)17-20-52-49)12-14-44(40)54-45(41)27-38(32)39(33)28-47(43)55;1-4-5(2)3;1-2-3/h2-9,12-28,54H,10-11H2,1H3;4H,1-2H2,3H3;2-3H,1H3. The van der Waals surface area contributed by atoms with Crippen LogP contribution in [0.5, 0.6) is 0 Å². The van der Waals surface area contributed by atoms with Gasteiger partial charge in [-0.15, -0.1) is 0 Å². The van der Waals surface area contributed by atoms with E-state index in [0.717, 1.165) is 74.2 Å². The zero-order chi connectivity index (χ0) is 43.2. The molecule has 0 radical (unpaired) electrons. The van der Waals surface area contributed by atoms with Gasteiger partial charge in [-0.2, -0.15) is 0 Å². The number of nitrogens with one attached hydrogen (secondary N) is 2. The lowest BCUT2D eigenvalue weighted by Crippen LogP contribution is -2.05. The van der Waals surface area contributed by atoms with E-state index in [9.17, 15) is 0 Å². The van der Waals surface area contributed by atoms with Gasteiger partial charge in [0, 0.05) is 73.1 Å². The van der Waals surface area contributed by atoms with Crippen molar-refractivity contribution in [3.63, 3.8) is 0 Å². The topological polar surface area (TPSA) is 83.2 Å². The molecular weight excluding hydrogens is 769 g/mol. The summed E-state index contributed by atoms with van der Waals surface area (Å²) in [5, 5.41) is 15.7. The van der Waals surface area contributed by atoms with Crippen LogP contribution in [-0.4, -0.2) is 30.7 Å². The van der Waals surface area contributed by atoms with E-state index in [-0.39, 0.29) is 0 Å². The molecule has 0 aliphatic heterocycles. The van der Waals surface area contributed by atoms with Crippen molar-refractivity contribution in [1.82, 2.24) is 24.5 Å². The molecule has 6 nitrogen and oxygen atoms in total. The van der Waals surface area contributed by atoms with Crippen molar-refractivity contribution in [3.8, 4) is 39.5 Å². The molecule has 12 rings (SSSR count). The average Bonchev–Trinajstić information content (AvgIpc) is 3.83. The van der Waals surface area contributed by atoms with Crippen molar-refractivity contribution in [3.05, 3.63) is 194 Å². The second-order valence-corrected chi connectivity index (χ2v) is 16.3. The molecule has 0 unspecified atom stereocenters. The van der Waals surface area contributed by atoms with Crippen LogP contribution in [0.1, 0.15) is 30.5 Å². The summed E-state index contributed by atoms with van der Waals surface area (Å²) in [4.78, 5) is 18.4. The van der Waals surface area contributed by atoms with Crippen molar-refractivity contribution in [2.75, 3.05) is 0 Å². The van der Waals surface area contributed by atoms with Gasteiger partial charge in [0.1, 0.15) is 5.82 Å². The lowest BCUT2D eigenvalue weighted by Gasteiger charge is -2.21. The molecule has 1 aliphatic rings. The summed E-state index contributed by atoms with van der Waals surface area (Å²) in [6.45, 7) is 12.7. The Morgan fingerprint density at radius 3 is 1.78 bits per heavy atom. The number of aromatic amines is 1. The number of hydrogen-bond donors (Lipinski definition) is 2. The van der Waals surface area contributed by atoms with Gasteiger partial charge in [-0.3, -0.25) is 14.5 Å². The Morgan fingerprint density at radius 2 is 1.14 bits per heavy atom. The minimum Gasteiger partial charge on any atom is -0.354 e. The summed E-state index contributed by atoms with van der Waals surface area (Å²) < 4.78 is 2.34. The molecule has 0 fully saturated rings. The van der Waals surface area contributed by atoms with Gasteiger partial charge in [-0.25, -0.2) is 4.98 Å². The van der Waals surface area contributed by atoms with Crippen molar-refractivity contribution >= 4 is 71.4 Å². The maximum Gasteiger partial charge on any atom is 0.137 e. The summed E-state index contributed by atoms with van der Waals surface area (Å²) in [5.41, 5.74) is 16.4. The highest BCUT2D eigenvalue weighted by molar-refractivity contribution is 6.14. The number of allylic oxidation sites excluding steroid dienone is 2. The molecule has 6 heteroatoms. The van der Waals surface area contributed by atoms with E-state index in [0.29, 0.717) is 0 Å². The van der Waals surface area contributed by atoms with Crippen LogP contribution < -0.4 is 0 Å². The quantitative estimate of drug-likeness (QED) is 0.137. The molecule has 1 aliphatic carbocycles. The van der Waals surface area contributed by atoms with Gasteiger partial charge < -0.3 is 10.4 Å². The first kappa shape index (κ1) is 39.2. The number of aromatic nitrogens is 5. The molecule has 5 heterocycles. The second-order valence-electron chi connectivity index (χ2n) is 16.3. The Labute approximate surface area is 366 Å². The number of H-pyrrole nitrogens is 1. The first-order chi connectivity index (χ1) is 30.8. The maximum absolute atomic E-state index is 6.08. The van der Waals surface area contributed by atoms with Gasteiger partial charge in [0.05, 0.1) is 22.4 Å². The average molecular weight is 815 g/mol. The highest BCUT2D eigenvalue weighted by atomic mass is 15.1. The maximum atomic E-state index is 6.08. The van der Waals surface area contributed by atoms with Crippen molar-refractivity contribution in [2.24, 2.45) is 0 Å². The minimum absolute atomic E-state index is 0.926. The molecular formula is C57H46N6. The largest absolute Gasteiger partial charge is 0.354 e. The lowest BCUT2D eigenvalue weighted by atomic mass is 9.84. The van der Waals surface area contributed by atoms with E-state index in [4.69, 9.17) is 20.4 Å². The summed E-state index contributed by atoms with van der Waals surface area (Å²) in [6.07, 6.45) is 10.7. The Morgan fingerprint density at radius 1 is 0.603 bits per heavy atom. The van der Waals surface area contributed by atoms with Gasteiger partial charge in [0.25, 0.3) is 0 Å². The number of benzene rings is 6. The third-order valence-corrected chi connectivity index (χ3v) is 12.1. The van der Waals surface area contributed by atoms with Crippen molar-refractivity contribution < 1.29 is 0 Å². The normalized spacial score (nSPS) is 11.8. The zero-order valence-corrected chi connectivity index (χ0v) is 35.7. The van der Waals surface area contributed by atoms with E-state index < -0.39 is 0 Å². The Kier molecular flexibility index (Phi) is 10.0. The van der Waals surface area contributed by atoms with Gasteiger partial charge in [0.15, 0.2) is 0 Å². The number of nitrogens with zero attached hydrogens (tertiary/aromatic N) is 4. The third-order valence-electron chi connectivity index (χ3n) is 12.1. The van der Waals surface area contributed by atoms with Crippen LogP contribution in [-0.2, 0) is 12.8 Å². The molecule has 0 bridgehead atoms. The second kappa shape index (κ2) is 16.1. The lowest BCUT2D eigenvalue weighted by molar-refractivity contribution is 0.946. The van der Waals surface area contributed by atoms with Crippen molar-refractivity contribution in [1.29, 1.82) is 5.41 Å². The van der Waals surface area contributed by atoms with Crippen LogP contribution in [0, 0.1) is 12.3 Å². The fourth-order valence-electron chi connectivity index (χ4n) is 9.17. The Hall–Kier alpha value is -7.96. The van der Waals surface area contributed by atoms with Crippen LogP contribution in [0.15, 0.2) is 177 Å². The first-order valence-electron chi connectivity index (χ1n) is 21.4. The van der Waals surface area contributed by atoms with Crippen LogP contribution in [0.2, 0.25) is 0 Å². The summed E-state index contributed by atoms with van der Waals surface area (Å²) >= 11 is 0. The Balaban J connectivity index is 0.000000547. The summed E-state index contributed by atoms with van der Waals surface area (Å²) in [5.74, 6) is 0.926. The fourth-order valence-corrected chi connectivity index (χ4v) is 9.17. The summed E-state index contributed by atoms with van der Waals surface area (Å²) in [6, 6.07) is 48.6. The van der Waals surface area contributed by atoms with E-state index >= 15 is 0 Å². The predicted molar refractivity (Wildman–Crippen MR) is 266 cm³/mol. The van der Waals surface area contributed by atoms with E-state index in [2.05, 4.69) is 163 Å². The number of hydrogen-bond acceptors (Lipinski definition) is 4. The molecule has 0 saturated carbocycles. The third kappa shape index (κ3) is 6.96. The number of pyridine rings is 3. The minimum atomic E-state index is 0.926. The highest BCUT2D eigenvalue weighted by Gasteiger charge is 2.23. The number of rotatable bonds is 4. The monoisotopic (exact) mass is 814 g/mol. The molecule has 0 atom stereocenters. The van der Waals surface area contributed by atoms with Crippen LogP contribution in [0.25, 0.3) is 105 Å². The van der Waals surface area contributed by atoms with Crippen molar-refractivity contribution in [2.45, 2.75) is 33.6 Å². The van der Waals surface area contributed by atoms with Crippen LogP contribution >= 0.6 is 0 Å². The molecule has 2 N–H and O–H groups in total. The summed E-state index contributed by atoms with van der Waals surface area (Å²) in [7, 11) is 0. The van der Waals surface area contributed by atoms with E-state index in [1.165, 1.54) is 71.7 Å². The Bertz CT molecular complexity index is 3610. The molecule has 0 amide bonds. The molecule has 6 aromatic carbocycles. The molecule has 63 heavy (non-hydrogen) atoms. The molecule has 5 aromatic heterocycles. The highest BCUT2D eigenvalue weighted by Crippen LogP contribution is 2.44. The molecule has 0 spiro atoms.